The van der Waals surface area contributed by atoms with Gasteiger partial charge in [0, 0.05) is 6.42 Å². The van der Waals surface area contributed by atoms with Crippen LogP contribution in [0.2, 0.25) is 0 Å². The van der Waals surface area contributed by atoms with Crippen molar-refractivity contribution in [2.24, 2.45) is 0 Å². The molecule has 0 aromatic heterocycles. The van der Waals surface area contributed by atoms with Crippen LogP contribution >= 0.6 is 0 Å². The van der Waals surface area contributed by atoms with Gasteiger partial charge < -0.3 is 9.84 Å². The van der Waals surface area contributed by atoms with Gasteiger partial charge in [-0.05, 0) is 48.0 Å². The van der Waals surface area contributed by atoms with Crippen LogP contribution in [0.1, 0.15) is 15.9 Å². The molecule has 0 saturated carbocycles. The smallest absolute Gasteiger partial charge is 0.343 e. The second kappa shape index (κ2) is 7.64. The molecule has 1 aliphatic heterocycles. The molecule has 8 heteroatoms. The molecule has 4 rings (SSSR count). The highest BCUT2D eigenvalue weighted by Gasteiger charge is 2.42. The summed E-state index contributed by atoms with van der Waals surface area (Å²) in [6, 6.07) is 19.2. The molecule has 0 bridgehead atoms. The molecule has 1 aliphatic rings. The molecule has 30 heavy (non-hydrogen) atoms. The van der Waals surface area contributed by atoms with Crippen molar-refractivity contribution in [2.75, 3.05) is 4.31 Å². The number of fused-ring (bicyclic) bond motifs is 1. The lowest BCUT2D eigenvalue weighted by Crippen LogP contribution is -2.42. The first-order valence-corrected chi connectivity index (χ1v) is 10.5. The first-order chi connectivity index (χ1) is 14.4. The Kier molecular flexibility index (Phi) is 5.01. The van der Waals surface area contributed by atoms with E-state index in [-0.39, 0.29) is 17.1 Å². The zero-order valence-corrected chi connectivity index (χ0v) is 16.5. The van der Waals surface area contributed by atoms with E-state index < -0.39 is 28.0 Å². The van der Waals surface area contributed by atoms with Gasteiger partial charge in [-0.1, -0.05) is 36.4 Å². The van der Waals surface area contributed by atoms with Gasteiger partial charge in [0.15, 0.2) is 0 Å². The van der Waals surface area contributed by atoms with Gasteiger partial charge in [0.05, 0.1) is 16.1 Å². The number of anilines is 1. The molecule has 0 unspecified atom stereocenters. The minimum atomic E-state index is -4.13. The normalized spacial score (nSPS) is 15.5. The van der Waals surface area contributed by atoms with E-state index in [1.54, 1.807) is 54.6 Å². The Labute approximate surface area is 173 Å². The monoisotopic (exact) mass is 423 g/mol. The van der Waals surface area contributed by atoms with E-state index in [1.807, 2.05) is 0 Å². The summed E-state index contributed by atoms with van der Waals surface area (Å²) >= 11 is 0. The van der Waals surface area contributed by atoms with Crippen LogP contribution in [-0.4, -0.2) is 31.5 Å². The summed E-state index contributed by atoms with van der Waals surface area (Å²) in [5.41, 5.74) is 1.37. The van der Waals surface area contributed by atoms with Crippen molar-refractivity contribution in [2.45, 2.75) is 17.4 Å². The van der Waals surface area contributed by atoms with E-state index in [4.69, 9.17) is 4.74 Å². The number of carboxylic acid groups (broad SMARTS) is 1. The molecule has 0 amide bonds. The molecule has 0 aliphatic carbocycles. The Morgan fingerprint density at radius 1 is 0.900 bits per heavy atom. The Hall–Kier alpha value is -3.65. The zero-order chi connectivity index (χ0) is 21.3. The van der Waals surface area contributed by atoms with E-state index in [0.29, 0.717) is 16.8 Å². The number of carbonyl (C=O) groups is 2. The molecule has 152 valence electrons. The SMILES string of the molecule is O=C(Oc1ccc(S(=O)(=O)N2c3ccccc3C[C@@H]2C(=O)O)cc1)c1ccccc1. The summed E-state index contributed by atoms with van der Waals surface area (Å²) in [5.74, 6) is -1.60. The van der Waals surface area contributed by atoms with Gasteiger partial charge in [-0.25, -0.2) is 18.0 Å². The van der Waals surface area contributed by atoms with Gasteiger partial charge in [0.25, 0.3) is 10.0 Å². The summed E-state index contributed by atoms with van der Waals surface area (Å²) in [6.45, 7) is 0. The average Bonchev–Trinajstić information content (AvgIpc) is 3.16. The van der Waals surface area contributed by atoms with Crippen molar-refractivity contribution in [3.63, 3.8) is 0 Å². The number of nitrogens with zero attached hydrogens (tertiary/aromatic N) is 1. The standard InChI is InChI=1S/C22H17NO6S/c24-21(25)20-14-16-8-4-5-9-19(16)23(20)30(27,28)18-12-10-17(11-13-18)29-22(26)15-6-2-1-3-7-15/h1-13,20H,14H2,(H,24,25)/t20-/m1/s1. The molecule has 3 aromatic rings. The largest absolute Gasteiger partial charge is 0.480 e. The lowest BCUT2D eigenvalue weighted by atomic mass is 10.1. The highest BCUT2D eigenvalue weighted by Crippen LogP contribution is 2.37. The van der Waals surface area contributed by atoms with E-state index >= 15 is 0 Å². The summed E-state index contributed by atoms with van der Waals surface area (Å²) < 4.78 is 32.7. The number of hydrogen-bond acceptors (Lipinski definition) is 5. The fourth-order valence-electron chi connectivity index (χ4n) is 3.38. The third kappa shape index (κ3) is 3.53. The second-order valence-corrected chi connectivity index (χ2v) is 8.53. The van der Waals surface area contributed by atoms with Crippen LogP contribution in [0.25, 0.3) is 0 Å². The maximum atomic E-state index is 13.2. The minimum absolute atomic E-state index is 0.0926. The second-order valence-electron chi connectivity index (χ2n) is 6.71. The number of hydrogen-bond donors (Lipinski definition) is 1. The lowest BCUT2D eigenvalue weighted by molar-refractivity contribution is -0.138. The number of rotatable bonds is 5. The predicted molar refractivity (Wildman–Crippen MR) is 109 cm³/mol. The summed E-state index contributed by atoms with van der Waals surface area (Å²) in [6.07, 6.45) is 0.0948. The number of sulfonamides is 1. The molecule has 1 N–H and O–H groups in total. The fourth-order valence-corrected chi connectivity index (χ4v) is 5.02. The highest BCUT2D eigenvalue weighted by molar-refractivity contribution is 7.93. The molecule has 0 radical (unpaired) electrons. The van der Waals surface area contributed by atoms with Crippen LogP contribution in [0.5, 0.6) is 5.75 Å². The Morgan fingerprint density at radius 2 is 1.53 bits per heavy atom. The van der Waals surface area contributed by atoms with E-state index in [9.17, 15) is 23.1 Å². The molecule has 7 nitrogen and oxygen atoms in total. The third-order valence-corrected chi connectivity index (χ3v) is 6.65. The van der Waals surface area contributed by atoms with E-state index in [2.05, 4.69) is 0 Å². The Bertz CT molecular complexity index is 1210. The molecular formula is C22H17NO6S. The minimum Gasteiger partial charge on any atom is -0.480 e. The predicted octanol–water partition coefficient (Wildman–Crippen LogP) is 3.11. The summed E-state index contributed by atoms with van der Waals surface area (Å²) in [5, 5.41) is 9.55. The van der Waals surface area contributed by atoms with Crippen LogP contribution in [-0.2, 0) is 21.2 Å². The first kappa shape index (κ1) is 19.7. The number of esters is 1. The maximum Gasteiger partial charge on any atom is 0.343 e. The van der Waals surface area contributed by atoms with Crippen molar-refractivity contribution in [1.82, 2.24) is 0 Å². The van der Waals surface area contributed by atoms with Gasteiger partial charge in [-0.2, -0.15) is 0 Å². The van der Waals surface area contributed by atoms with Crippen molar-refractivity contribution in [3.05, 3.63) is 90.0 Å². The van der Waals surface area contributed by atoms with Crippen LogP contribution in [0.3, 0.4) is 0 Å². The number of aliphatic carboxylic acids is 1. The number of carboxylic acids is 1. The van der Waals surface area contributed by atoms with Crippen LogP contribution in [0.15, 0.2) is 83.8 Å². The van der Waals surface area contributed by atoms with E-state index in [0.717, 1.165) is 4.31 Å². The molecule has 0 spiro atoms. The molecule has 3 aromatic carbocycles. The Balaban J connectivity index is 1.62. The first-order valence-electron chi connectivity index (χ1n) is 9.10. The third-order valence-electron chi connectivity index (χ3n) is 4.81. The summed E-state index contributed by atoms with van der Waals surface area (Å²) in [4.78, 5) is 23.8. The van der Waals surface area contributed by atoms with E-state index in [1.165, 1.54) is 24.3 Å². The van der Waals surface area contributed by atoms with Gasteiger partial charge in [0.2, 0.25) is 0 Å². The molecule has 0 fully saturated rings. The number of benzene rings is 3. The van der Waals surface area contributed by atoms with Crippen LogP contribution in [0, 0.1) is 0 Å². The van der Waals surface area contributed by atoms with Gasteiger partial charge >= 0.3 is 11.9 Å². The highest BCUT2D eigenvalue weighted by atomic mass is 32.2. The molecule has 0 saturated heterocycles. The number of para-hydroxylation sites is 1. The van der Waals surface area contributed by atoms with Crippen molar-refractivity contribution in [3.8, 4) is 5.75 Å². The average molecular weight is 423 g/mol. The van der Waals surface area contributed by atoms with Gasteiger partial charge in [-0.15, -0.1) is 0 Å². The molecular weight excluding hydrogens is 406 g/mol. The summed E-state index contributed by atoms with van der Waals surface area (Å²) in [7, 11) is -4.13. The zero-order valence-electron chi connectivity index (χ0n) is 15.6. The van der Waals surface area contributed by atoms with Gasteiger partial charge in [-0.3, -0.25) is 4.31 Å². The number of carbonyl (C=O) groups excluding carboxylic acids is 1. The fraction of sp³-hybridized carbons (Fsp3) is 0.0909. The van der Waals surface area contributed by atoms with Crippen molar-refractivity contribution in [1.29, 1.82) is 0 Å². The molecule has 1 atom stereocenters. The van der Waals surface area contributed by atoms with Crippen LogP contribution < -0.4 is 9.04 Å². The maximum absolute atomic E-state index is 13.2. The Morgan fingerprint density at radius 3 is 2.20 bits per heavy atom. The quantitative estimate of drug-likeness (QED) is 0.500. The van der Waals surface area contributed by atoms with Crippen LogP contribution in [0.4, 0.5) is 5.69 Å². The number of ether oxygens (including phenoxy) is 1. The van der Waals surface area contributed by atoms with Crippen molar-refractivity contribution >= 4 is 27.6 Å². The van der Waals surface area contributed by atoms with Crippen molar-refractivity contribution < 1.29 is 27.9 Å². The lowest BCUT2D eigenvalue weighted by Gasteiger charge is -2.24. The molecule has 1 heterocycles. The van der Waals surface area contributed by atoms with Gasteiger partial charge in [0.1, 0.15) is 11.8 Å². The topological polar surface area (TPSA) is 101 Å².